The van der Waals surface area contributed by atoms with E-state index in [0.29, 0.717) is 23.0 Å². The molecule has 0 fully saturated rings. The molecule has 0 amide bonds. The molecule has 0 N–H and O–H groups in total. The molecule has 0 aliphatic rings. The van der Waals surface area contributed by atoms with Crippen molar-refractivity contribution < 1.29 is 13.6 Å². The van der Waals surface area contributed by atoms with Gasteiger partial charge in [0.05, 0.1) is 22.2 Å². The summed E-state index contributed by atoms with van der Waals surface area (Å²) in [6.07, 6.45) is 0. The standard InChI is InChI=1S/C36H32N2O3/c1-35(2,3)23-18-25(26-20-30-33-32-27(39-30)13-10-14-28(32)41-34(33)38-26)37-31(19-23)40-29-17-22(21-11-8-7-9-12-21)15-16-24(29)36(4,5)6/h7-20H,1-6H3. The number of nitrogens with zero attached hydrogens (tertiary/aromatic N) is 2. The first-order valence-corrected chi connectivity index (χ1v) is 14.0. The van der Waals surface area contributed by atoms with Gasteiger partial charge in [0.1, 0.15) is 22.5 Å². The topological polar surface area (TPSA) is 61.3 Å². The third-order valence-electron chi connectivity index (χ3n) is 7.66. The zero-order valence-electron chi connectivity index (χ0n) is 24.2. The lowest BCUT2D eigenvalue weighted by Gasteiger charge is -2.24. The Hall–Kier alpha value is -4.64. The fraction of sp³-hybridized carbons (Fsp3) is 0.222. The molecule has 0 radical (unpaired) electrons. The van der Waals surface area contributed by atoms with E-state index in [9.17, 15) is 0 Å². The molecule has 5 heteroatoms. The zero-order chi connectivity index (χ0) is 28.5. The van der Waals surface area contributed by atoms with Crippen LogP contribution in [0.15, 0.2) is 93.8 Å². The summed E-state index contributed by atoms with van der Waals surface area (Å²) in [7, 11) is 0. The molecule has 204 valence electrons. The van der Waals surface area contributed by atoms with E-state index in [2.05, 4.69) is 90.1 Å². The van der Waals surface area contributed by atoms with Crippen LogP contribution in [0.1, 0.15) is 52.7 Å². The molecule has 0 saturated heterocycles. The van der Waals surface area contributed by atoms with Gasteiger partial charge in [-0.05, 0) is 51.8 Å². The average molecular weight is 541 g/mol. The maximum Gasteiger partial charge on any atom is 0.231 e. The van der Waals surface area contributed by atoms with Gasteiger partial charge in [-0.25, -0.2) is 9.97 Å². The fourth-order valence-corrected chi connectivity index (χ4v) is 5.44. The number of rotatable bonds is 4. The molecule has 3 aromatic carbocycles. The molecule has 0 atom stereocenters. The molecule has 0 aliphatic heterocycles. The Labute approximate surface area is 239 Å². The minimum absolute atomic E-state index is 0.123. The molecule has 0 aliphatic carbocycles. The number of ether oxygens (including phenoxy) is 1. The van der Waals surface area contributed by atoms with Gasteiger partial charge in [-0.2, -0.15) is 0 Å². The minimum atomic E-state index is -0.140. The average Bonchev–Trinajstić information content (AvgIpc) is 3.51. The molecule has 0 saturated carbocycles. The number of hydrogen-bond donors (Lipinski definition) is 0. The normalized spacial score (nSPS) is 12.6. The highest BCUT2D eigenvalue weighted by Crippen LogP contribution is 2.41. The van der Waals surface area contributed by atoms with Gasteiger partial charge in [0.15, 0.2) is 0 Å². The summed E-state index contributed by atoms with van der Waals surface area (Å²) in [6.45, 7) is 13.2. The van der Waals surface area contributed by atoms with Crippen LogP contribution in [0, 0.1) is 0 Å². The van der Waals surface area contributed by atoms with Crippen LogP contribution in [0.2, 0.25) is 0 Å². The smallest absolute Gasteiger partial charge is 0.231 e. The van der Waals surface area contributed by atoms with Crippen molar-refractivity contribution in [1.82, 2.24) is 9.97 Å². The highest BCUT2D eigenvalue weighted by molar-refractivity contribution is 6.19. The van der Waals surface area contributed by atoms with Gasteiger partial charge >= 0.3 is 0 Å². The highest BCUT2D eigenvalue weighted by Gasteiger charge is 2.24. The first-order chi connectivity index (χ1) is 19.5. The number of aromatic nitrogens is 2. The lowest BCUT2D eigenvalue weighted by Crippen LogP contribution is -2.14. The molecule has 7 aromatic rings. The van der Waals surface area contributed by atoms with Crippen molar-refractivity contribution in [3.8, 4) is 34.1 Å². The molecule has 4 aromatic heterocycles. The number of hydrogen-bond acceptors (Lipinski definition) is 5. The van der Waals surface area contributed by atoms with E-state index in [4.69, 9.17) is 23.5 Å². The van der Waals surface area contributed by atoms with Crippen LogP contribution in [-0.4, -0.2) is 9.97 Å². The quantitative estimate of drug-likeness (QED) is 0.222. The molecule has 4 heterocycles. The van der Waals surface area contributed by atoms with Crippen LogP contribution in [0.25, 0.3) is 55.7 Å². The van der Waals surface area contributed by atoms with E-state index in [0.717, 1.165) is 55.5 Å². The Balaban J connectivity index is 1.38. The summed E-state index contributed by atoms with van der Waals surface area (Å²) in [5.41, 5.74) is 8.41. The second kappa shape index (κ2) is 8.93. The van der Waals surface area contributed by atoms with E-state index in [-0.39, 0.29) is 10.8 Å². The van der Waals surface area contributed by atoms with Crippen LogP contribution >= 0.6 is 0 Å². The number of furan rings is 2. The summed E-state index contributed by atoms with van der Waals surface area (Å²) in [5, 5.41) is 1.89. The Morgan fingerprint density at radius 3 is 2.05 bits per heavy atom. The maximum atomic E-state index is 6.69. The minimum Gasteiger partial charge on any atom is -0.456 e. The monoisotopic (exact) mass is 540 g/mol. The van der Waals surface area contributed by atoms with Crippen LogP contribution in [0.5, 0.6) is 11.6 Å². The predicted molar refractivity (Wildman–Crippen MR) is 165 cm³/mol. The number of pyridine rings is 2. The molecule has 7 rings (SSSR count). The third-order valence-corrected chi connectivity index (χ3v) is 7.66. The van der Waals surface area contributed by atoms with Crippen molar-refractivity contribution in [3.63, 3.8) is 0 Å². The van der Waals surface area contributed by atoms with Crippen molar-refractivity contribution >= 4 is 33.2 Å². The van der Waals surface area contributed by atoms with Gasteiger partial charge in [-0.1, -0.05) is 90.1 Å². The van der Waals surface area contributed by atoms with E-state index >= 15 is 0 Å². The van der Waals surface area contributed by atoms with Gasteiger partial charge in [-0.15, -0.1) is 0 Å². The predicted octanol–water partition coefficient (Wildman–Crippen LogP) is 10.3. The van der Waals surface area contributed by atoms with Crippen LogP contribution in [0.3, 0.4) is 0 Å². The summed E-state index contributed by atoms with van der Waals surface area (Å²) >= 11 is 0. The number of benzene rings is 3. The van der Waals surface area contributed by atoms with Gasteiger partial charge in [0, 0.05) is 17.7 Å². The van der Waals surface area contributed by atoms with Gasteiger partial charge < -0.3 is 13.6 Å². The summed E-state index contributed by atoms with van der Waals surface area (Å²) < 4.78 is 19.0. The molecule has 5 nitrogen and oxygen atoms in total. The second-order valence-corrected chi connectivity index (χ2v) is 12.8. The molecule has 0 spiro atoms. The Bertz CT molecular complexity index is 1980. The summed E-state index contributed by atoms with van der Waals surface area (Å²) in [6, 6.07) is 28.7. The summed E-state index contributed by atoms with van der Waals surface area (Å²) in [4.78, 5) is 9.88. The first kappa shape index (κ1) is 25.3. The van der Waals surface area contributed by atoms with Crippen molar-refractivity contribution in [2.75, 3.05) is 0 Å². The highest BCUT2D eigenvalue weighted by atomic mass is 16.5. The van der Waals surface area contributed by atoms with Crippen molar-refractivity contribution in [3.05, 3.63) is 96.1 Å². The lowest BCUT2D eigenvalue weighted by molar-refractivity contribution is 0.438. The lowest BCUT2D eigenvalue weighted by atomic mass is 9.85. The zero-order valence-corrected chi connectivity index (χ0v) is 24.2. The Morgan fingerprint density at radius 2 is 1.32 bits per heavy atom. The molecular weight excluding hydrogens is 508 g/mol. The maximum absolute atomic E-state index is 6.69. The van der Waals surface area contributed by atoms with E-state index < -0.39 is 0 Å². The second-order valence-electron chi connectivity index (χ2n) is 12.8. The van der Waals surface area contributed by atoms with Crippen molar-refractivity contribution in [2.24, 2.45) is 0 Å². The van der Waals surface area contributed by atoms with Gasteiger partial charge in [0.2, 0.25) is 11.6 Å². The third kappa shape index (κ3) is 4.42. The van der Waals surface area contributed by atoms with Gasteiger partial charge in [-0.3, -0.25) is 0 Å². The van der Waals surface area contributed by atoms with Crippen molar-refractivity contribution in [2.45, 2.75) is 52.4 Å². The molecular formula is C36H32N2O3. The summed E-state index contributed by atoms with van der Waals surface area (Å²) in [5.74, 6) is 1.31. The van der Waals surface area contributed by atoms with Crippen LogP contribution < -0.4 is 4.74 Å². The SMILES string of the molecule is CC(C)(C)c1cc(Oc2cc(-c3ccccc3)ccc2C(C)(C)C)nc(-c2cc3oc4cccc5oc(n2)c3c45)c1. The Kier molecular flexibility index (Phi) is 5.52. The van der Waals surface area contributed by atoms with Crippen molar-refractivity contribution in [1.29, 1.82) is 0 Å². The largest absolute Gasteiger partial charge is 0.456 e. The molecule has 0 bridgehead atoms. The van der Waals surface area contributed by atoms with Crippen LogP contribution in [0.4, 0.5) is 0 Å². The van der Waals surface area contributed by atoms with E-state index in [1.165, 1.54) is 0 Å². The first-order valence-electron chi connectivity index (χ1n) is 14.0. The van der Waals surface area contributed by atoms with Gasteiger partial charge in [0.25, 0.3) is 0 Å². The molecule has 0 unspecified atom stereocenters. The van der Waals surface area contributed by atoms with E-state index in [1.807, 2.05) is 36.4 Å². The van der Waals surface area contributed by atoms with E-state index in [1.54, 1.807) is 0 Å². The fourth-order valence-electron chi connectivity index (χ4n) is 5.44. The molecule has 41 heavy (non-hydrogen) atoms. The van der Waals surface area contributed by atoms with Crippen LogP contribution in [-0.2, 0) is 10.8 Å². The Morgan fingerprint density at radius 1 is 0.585 bits per heavy atom.